The zero-order valence-corrected chi connectivity index (χ0v) is 16.9. The van der Waals surface area contributed by atoms with Gasteiger partial charge in [0.2, 0.25) is 5.91 Å². The minimum atomic E-state index is -0.369. The number of aromatic nitrogens is 3. The molecule has 2 aliphatic heterocycles. The molecule has 0 radical (unpaired) electrons. The molecule has 1 aromatic carbocycles. The first kappa shape index (κ1) is 18.8. The number of fused-ring (bicyclic) bond motifs is 1. The van der Waals surface area contributed by atoms with Crippen LogP contribution in [0.5, 0.6) is 0 Å². The summed E-state index contributed by atoms with van der Waals surface area (Å²) >= 11 is 0. The van der Waals surface area contributed by atoms with Crippen LogP contribution < -0.4 is 0 Å². The molecular weight excluding hydrogens is 378 g/mol. The molecule has 2 fully saturated rings. The number of benzene rings is 1. The fraction of sp³-hybridized carbons (Fsp3) is 0.391. The number of carbonyl (C=O) groups is 2. The van der Waals surface area contributed by atoms with Crippen molar-refractivity contribution in [2.45, 2.75) is 37.6 Å². The molecule has 2 unspecified atom stereocenters. The SMILES string of the molecule is O=C(C1CCCN1C(=O)c1ccccc1)N1CCCC(c2nnc3ccccn23)C1. The number of carbonyl (C=O) groups excluding carboxylic acids is 2. The van der Waals surface area contributed by atoms with Gasteiger partial charge in [0.05, 0.1) is 0 Å². The van der Waals surface area contributed by atoms with Crippen molar-refractivity contribution in [2.75, 3.05) is 19.6 Å². The molecule has 0 saturated carbocycles. The lowest BCUT2D eigenvalue weighted by atomic mass is 9.96. The van der Waals surface area contributed by atoms with Crippen molar-refractivity contribution in [3.63, 3.8) is 0 Å². The molecule has 2 saturated heterocycles. The van der Waals surface area contributed by atoms with Crippen LogP contribution in [0.3, 0.4) is 0 Å². The second-order valence-corrected chi connectivity index (χ2v) is 8.13. The van der Waals surface area contributed by atoms with Gasteiger partial charge in [0.15, 0.2) is 5.65 Å². The first-order valence-corrected chi connectivity index (χ1v) is 10.7. The van der Waals surface area contributed by atoms with Crippen LogP contribution in [-0.2, 0) is 4.79 Å². The minimum Gasteiger partial charge on any atom is -0.340 e. The first-order valence-electron chi connectivity index (χ1n) is 10.7. The predicted molar refractivity (Wildman–Crippen MR) is 112 cm³/mol. The Kier molecular flexibility index (Phi) is 4.94. The van der Waals surface area contributed by atoms with Crippen LogP contribution in [0, 0.1) is 0 Å². The van der Waals surface area contributed by atoms with Crippen molar-refractivity contribution in [3.8, 4) is 0 Å². The Balaban J connectivity index is 1.33. The third-order valence-electron chi connectivity index (χ3n) is 6.26. The third kappa shape index (κ3) is 3.34. The van der Waals surface area contributed by atoms with Gasteiger partial charge in [0, 0.05) is 37.3 Å². The largest absolute Gasteiger partial charge is 0.340 e. The van der Waals surface area contributed by atoms with Crippen LogP contribution in [0.4, 0.5) is 0 Å². The van der Waals surface area contributed by atoms with Crippen LogP contribution >= 0.6 is 0 Å². The average Bonchev–Trinajstić information content (AvgIpc) is 3.46. The quantitative estimate of drug-likeness (QED) is 0.674. The molecule has 7 nitrogen and oxygen atoms in total. The number of rotatable bonds is 3. The van der Waals surface area contributed by atoms with E-state index in [1.54, 1.807) is 4.90 Å². The lowest BCUT2D eigenvalue weighted by Crippen LogP contribution is -2.50. The molecule has 0 bridgehead atoms. The summed E-state index contributed by atoms with van der Waals surface area (Å²) in [5.41, 5.74) is 1.47. The van der Waals surface area contributed by atoms with Gasteiger partial charge in [-0.1, -0.05) is 24.3 Å². The van der Waals surface area contributed by atoms with E-state index in [0.717, 1.165) is 43.7 Å². The maximum absolute atomic E-state index is 13.4. The summed E-state index contributed by atoms with van der Waals surface area (Å²) in [4.78, 5) is 30.1. The Hall–Kier alpha value is -3.22. The van der Waals surface area contributed by atoms with E-state index in [-0.39, 0.29) is 23.8 Å². The van der Waals surface area contributed by atoms with Gasteiger partial charge in [-0.05, 0) is 49.9 Å². The molecular formula is C23H25N5O2. The summed E-state index contributed by atoms with van der Waals surface area (Å²) in [5.74, 6) is 1.07. The zero-order valence-electron chi connectivity index (χ0n) is 16.9. The second-order valence-electron chi connectivity index (χ2n) is 8.13. The standard InChI is InChI=1S/C23H25N5O2/c29-22(17-8-2-1-3-9-17)27-15-7-11-19(27)23(30)26-13-6-10-18(16-26)21-25-24-20-12-4-5-14-28(20)21/h1-5,8-9,12,14,18-19H,6-7,10-11,13,15-16H2. The molecule has 0 aliphatic carbocycles. The van der Waals surface area contributed by atoms with E-state index in [9.17, 15) is 9.59 Å². The molecule has 7 heteroatoms. The Morgan fingerprint density at radius 1 is 0.900 bits per heavy atom. The summed E-state index contributed by atoms with van der Waals surface area (Å²) in [6.07, 6.45) is 5.48. The molecule has 3 aromatic rings. The lowest BCUT2D eigenvalue weighted by Gasteiger charge is -2.35. The number of nitrogens with zero attached hydrogens (tertiary/aromatic N) is 5. The van der Waals surface area contributed by atoms with Crippen molar-refractivity contribution >= 4 is 17.5 Å². The summed E-state index contributed by atoms with van der Waals surface area (Å²) in [6.45, 7) is 1.99. The lowest BCUT2D eigenvalue weighted by molar-refractivity contribution is -0.136. The molecule has 154 valence electrons. The molecule has 5 rings (SSSR count). The van der Waals surface area contributed by atoms with Crippen LogP contribution in [0.2, 0.25) is 0 Å². The van der Waals surface area contributed by atoms with Crippen molar-refractivity contribution in [1.29, 1.82) is 0 Å². The van der Waals surface area contributed by atoms with Gasteiger partial charge in [-0.3, -0.25) is 14.0 Å². The van der Waals surface area contributed by atoms with Gasteiger partial charge >= 0.3 is 0 Å². The summed E-state index contributed by atoms with van der Waals surface area (Å²) in [7, 11) is 0. The van der Waals surface area contributed by atoms with Gasteiger partial charge in [-0.15, -0.1) is 10.2 Å². The molecule has 30 heavy (non-hydrogen) atoms. The van der Waals surface area contributed by atoms with Crippen LogP contribution in [0.15, 0.2) is 54.7 Å². The molecule has 0 spiro atoms. The fourth-order valence-corrected chi connectivity index (χ4v) is 4.75. The number of likely N-dealkylation sites (tertiary alicyclic amines) is 2. The van der Waals surface area contributed by atoms with Crippen molar-refractivity contribution in [3.05, 3.63) is 66.1 Å². The number of hydrogen-bond acceptors (Lipinski definition) is 4. The number of amides is 2. The van der Waals surface area contributed by atoms with Crippen LogP contribution in [0.1, 0.15) is 47.8 Å². The minimum absolute atomic E-state index is 0.0524. The number of pyridine rings is 1. The Bertz CT molecular complexity index is 1060. The maximum Gasteiger partial charge on any atom is 0.254 e. The predicted octanol–water partition coefficient (Wildman–Crippen LogP) is 2.74. The van der Waals surface area contributed by atoms with E-state index in [2.05, 4.69) is 10.2 Å². The van der Waals surface area contributed by atoms with Crippen molar-refractivity contribution in [2.24, 2.45) is 0 Å². The van der Waals surface area contributed by atoms with E-state index in [0.29, 0.717) is 18.7 Å². The summed E-state index contributed by atoms with van der Waals surface area (Å²) < 4.78 is 2.01. The normalized spacial score (nSPS) is 21.9. The highest BCUT2D eigenvalue weighted by Gasteiger charge is 2.38. The van der Waals surface area contributed by atoms with Gasteiger partial charge in [0.1, 0.15) is 11.9 Å². The third-order valence-corrected chi connectivity index (χ3v) is 6.26. The van der Waals surface area contributed by atoms with Crippen LogP contribution in [0.25, 0.3) is 5.65 Å². The highest BCUT2D eigenvalue weighted by molar-refractivity contribution is 5.98. The van der Waals surface area contributed by atoms with Gasteiger partial charge in [-0.25, -0.2) is 0 Å². The van der Waals surface area contributed by atoms with E-state index >= 15 is 0 Å². The molecule has 4 heterocycles. The molecule has 2 aliphatic rings. The second kappa shape index (κ2) is 7.89. The van der Waals surface area contributed by atoms with Gasteiger partial charge in [-0.2, -0.15) is 0 Å². The molecule has 2 aromatic heterocycles. The summed E-state index contributed by atoms with van der Waals surface area (Å²) in [5, 5.41) is 8.67. The first-order chi connectivity index (χ1) is 14.7. The average molecular weight is 403 g/mol. The number of hydrogen-bond donors (Lipinski definition) is 0. The molecule has 2 atom stereocenters. The topological polar surface area (TPSA) is 70.8 Å². The summed E-state index contributed by atoms with van der Waals surface area (Å²) in [6, 6.07) is 14.7. The van der Waals surface area contributed by atoms with E-state index in [1.807, 2.05) is 64.0 Å². The van der Waals surface area contributed by atoms with E-state index in [1.165, 1.54) is 0 Å². The van der Waals surface area contributed by atoms with Crippen LogP contribution in [-0.4, -0.2) is 61.9 Å². The van der Waals surface area contributed by atoms with Crippen molar-refractivity contribution in [1.82, 2.24) is 24.4 Å². The van der Waals surface area contributed by atoms with Gasteiger partial charge < -0.3 is 9.80 Å². The zero-order chi connectivity index (χ0) is 20.5. The molecule has 0 N–H and O–H groups in total. The number of piperidine rings is 1. The van der Waals surface area contributed by atoms with Crippen molar-refractivity contribution < 1.29 is 9.59 Å². The van der Waals surface area contributed by atoms with E-state index in [4.69, 9.17) is 0 Å². The molecule has 2 amide bonds. The Labute approximate surface area is 175 Å². The highest BCUT2D eigenvalue weighted by Crippen LogP contribution is 2.29. The van der Waals surface area contributed by atoms with Gasteiger partial charge in [0.25, 0.3) is 5.91 Å². The Morgan fingerprint density at radius 3 is 2.57 bits per heavy atom. The monoisotopic (exact) mass is 403 g/mol. The Morgan fingerprint density at radius 2 is 1.70 bits per heavy atom. The highest BCUT2D eigenvalue weighted by atomic mass is 16.2. The smallest absolute Gasteiger partial charge is 0.254 e. The fourth-order valence-electron chi connectivity index (χ4n) is 4.75. The van der Waals surface area contributed by atoms with E-state index < -0.39 is 0 Å². The maximum atomic E-state index is 13.4.